The number of aliphatic hydroxyl groups excluding tert-OH is 1. The minimum atomic E-state index is -0.545. The molecule has 0 bridgehead atoms. The van der Waals surface area contributed by atoms with Crippen molar-refractivity contribution < 1.29 is 9.90 Å². The number of nitrogens with one attached hydrogen (secondary N) is 1. The van der Waals surface area contributed by atoms with Crippen molar-refractivity contribution in [1.29, 1.82) is 0 Å². The van der Waals surface area contributed by atoms with Gasteiger partial charge in [-0.2, -0.15) is 5.10 Å². The number of nitrogens with zero attached hydrogens (tertiary/aromatic N) is 3. The zero-order valence-electron chi connectivity index (χ0n) is 17.9. The molecule has 0 spiro atoms. The summed E-state index contributed by atoms with van der Waals surface area (Å²) >= 11 is 0. The predicted molar refractivity (Wildman–Crippen MR) is 124 cm³/mol. The molecule has 31 heavy (non-hydrogen) atoms. The van der Waals surface area contributed by atoms with Crippen molar-refractivity contribution in [3.05, 3.63) is 72.4 Å². The smallest absolute Gasteiger partial charge is 0.245 e. The molecule has 1 aliphatic rings. The van der Waals surface area contributed by atoms with Gasteiger partial charge >= 0.3 is 0 Å². The molecule has 2 N–H and O–H groups in total. The molecule has 0 aliphatic heterocycles. The summed E-state index contributed by atoms with van der Waals surface area (Å²) < 4.78 is 1.83. The maximum atomic E-state index is 13.0. The Kier molecular flexibility index (Phi) is 6.67. The summed E-state index contributed by atoms with van der Waals surface area (Å²) in [7, 11) is 0. The zero-order valence-corrected chi connectivity index (χ0v) is 17.9. The third-order valence-electron chi connectivity index (χ3n) is 5.71. The molecule has 1 aliphatic carbocycles. The molecule has 0 radical (unpaired) electrons. The first-order chi connectivity index (χ1) is 15.1. The highest BCUT2D eigenvalue weighted by Gasteiger charge is 2.23. The van der Waals surface area contributed by atoms with Crippen molar-refractivity contribution in [1.82, 2.24) is 9.78 Å². The lowest BCUT2D eigenvalue weighted by Crippen LogP contribution is -2.38. The number of hydrogen-bond donors (Lipinski definition) is 2. The third-order valence-corrected chi connectivity index (χ3v) is 5.71. The molecule has 0 saturated heterocycles. The average Bonchev–Trinajstić information content (AvgIpc) is 3.44. The maximum absolute atomic E-state index is 13.0. The minimum Gasteiger partial charge on any atom is -0.392 e. The van der Waals surface area contributed by atoms with Crippen LogP contribution in [-0.4, -0.2) is 40.0 Å². The number of anilines is 2. The van der Waals surface area contributed by atoms with Gasteiger partial charge in [0.25, 0.3) is 0 Å². The molecule has 1 amide bonds. The van der Waals surface area contributed by atoms with Gasteiger partial charge < -0.3 is 15.3 Å². The van der Waals surface area contributed by atoms with Gasteiger partial charge in [0.1, 0.15) is 5.82 Å². The van der Waals surface area contributed by atoms with E-state index in [1.165, 1.54) is 12.8 Å². The van der Waals surface area contributed by atoms with Crippen molar-refractivity contribution >= 4 is 17.4 Å². The molecule has 162 valence electrons. The number of hydrogen-bond acceptors (Lipinski definition) is 4. The van der Waals surface area contributed by atoms with Crippen LogP contribution in [0.5, 0.6) is 0 Å². The highest BCUT2D eigenvalue weighted by molar-refractivity contribution is 5.93. The van der Waals surface area contributed by atoms with Crippen LogP contribution in [0.4, 0.5) is 11.5 Å². The molecule has 1 atom stereocenters. The minimum absolute atomic E-state index is 0.139. The van der Waals surface area contributed by atoms with Crippen LogP contribution in [0.3, 0.4) is 0 Å². The van der Waals surface area contributed by atoms with Crippen LogP contribution in [0, 0.1) is 0 Å². The van der Waals surface area contributed by atoms with E-state index in [2.05, 4.69) is 5.32 Å². The zero-order chi connectivity index (χ0) is 21.6. The van der Waals surface area contributed by atoms with Crippen molar-refractivity contribution in [2.75, 3.05) is 23.3 Å². The van der Waals surface area contributed by atoms with Gasteiger partial charge in [-0.15, -0.1) is 0 Å². The Balaban J connectivity index is 1.56. The van der Waals surface area contributed by atoms with Crippen LogP contribution in [0.1, 0.15) is 44.2 Å². The molecule has 6 nitrogen and oxygen atoms in total. The van der Waals surface area contributed by atoms with Crippen LogP contribution in [0.15, 0.2) is 66.7 Å². The van der Waals surface area contributed by atoms with Gasteiger partial charge in [-0.25, -0.2) is 4.68 Å². The van der Waals surface area contributed by atoms with Crippen LogP contribution in [-0.2, 0) is 4.79 Å². The van der Waals surface area contributed by atoms with E-state index in [1.807, 2.05) is 76.3 Å². The Labute approximate surface area is 183 Å². The van der Waals surface area contributed by atoms with Crippen molar-refractivity contribution in [3.8, 4) is 5.69 Å². The fourth-order valence-electron chi connectivity index (χ4n) is 4.25. The average molecular weight is 419 g/mol. The predicted octanol–water partition coefficient (Wildman–Crippen LogP) is 4.36. The first-order valence-electron chi connectivity index (χ1n) is 11.0. The van der Waals surface area contributed by atoms with Crippen molar-refractivity contribution in [3.63, 3.8) is 0 Å². The quantitative estimate of drug-likeness (QED) is 0.570. The Hall–Kier alpha value is -3.12. The van der Waals surface area contributed by atoms with E-state index in [9.17, 15) is 9.90 Å². The lowest BCUT2D eigenvalue weighted by Gasteiger charge is -2.25. The second-order valence-corrected chi connectivity index (χ2v) is 8.30. The molecule has 1 fully saturated rings. The molecule has 4 rings (SSSR count). The maximum Gasteiger partial charge on any atom is 0.245 e. The molecule has 1 heterocycles. The van der Waals surface area contributed by atoms with Crippen molar-refractivity contribution in [2.24, 2.45) is 0 Å². The van der Waals surface area contributed by atoms with E-state index in [0.29, 0.717) is 18.3 Å². The summed E-state index contributed by atoms with van der Waals surface area (Å²) in [4.78, 5) is 14.9. The van der Waals surface area contributed by atoms with Gasteiger partial charge in [0.2, 0.25) is 5.91 Å². The van der Waals surface area contributed by atoms with E-state index in [4.69, 9.17) is 5.10 Å². The SMILES string of the molecule is CC(O)CN(CC(=O)Nc1cc(C2CCCC2)nn1-c1ccccc1)c1ccccc1. The van der Waals surface area contributed by atoms with Gasteiger partial charge in [-0.1, -0.05) is 49.2 Å². The summed E-state index contributed by atoms with van der Waals surface area (Å²) in [5.74, 6) is 0.999. The molecular formula is C25H30N4O2. The van der Waals surface area contributed by atoms with E-state index in [-0.39, 0.29) is 12.5 Å². The summed E-state index contributed by atoms with van der Waals surface area (Å²) in [5, 5.41) is 17.8. The fourth-order valence-corrected chi connectivity index (χ4v) is 4.25. The molecule has 1 aromatic heterocycles. The molecule has 1 saturated carbocycles. The van der Waals surface area contributed by atoms with Crippen LogP contribution < -0.4 is 10.2 Å². The Morgan fingerprint density at radius 1 is 1.13 bits per heavy atom. The number of aliphatic hydroxyl groups is 1. The summed E-state index contributed by atoms with van der Waals surface area (Å²) in [6.45, 7) is 2.25. The molecule has 3 aromatic rings. The monoisotopic (exact) mass is 418 g/mol. The summed E-state index contributed by atoms with van der Waals surface area (Å²) in [6, 6.07) is 21.6. The molecule has 2 aromatic carbocycles. The van der Waals surface area contributed by atoms with Gasteiger partial charge in [0, 0.05) is 24.2 Å². The molecule has 1 unspecified atom stereocenters. The highest BCUT2D eigenvalue weighted by atomic mass is 16.3. The van der Waals surface area contributed by atoms with E-state index >= 15 is 0 Å². The first kappa shape index (κ1) is 21.1. The fraction of sp³-hybridized carbons (Fsp3) is 0.360. The van der Waals surface area contributed by atoms with Crippen LogP contribution in [0.2, 0.25) is 0 Å². The van der Waals surface area contributed by atoms with Crippen LogP contribution in [0.25, 0.3) is 5.69 Å². The first-order valence-corrected chi connectivity index (χ1v) is 11.0. The lowest BCUT2D eigenvalue weighted by molar-refractivity contribution is -0.115. The second kappa shape index (κ2) is 9.79. The van der Waals surface area contributed by atoms with E-state index in [0.717, 1.165) is 29.9 Å². The van der Waals surface area contributed by atoms with E-state index in [1.54, 1.807) is 6.92 Å². The van der Waals surface area contributed by atoms with Crippen LogP contribution >= 0.6 is 0 Å². The second-order valence-electron chi connectivity index (χ2n) is 8.30. The normalized spacial score (nSPS) is 15.0. The van der Waals surface area contributed by atoms with Gasteiger partial charge in [0.05, 0.1) is 24.0 Å². The van der Waals surface area contributed by atoms with Gasteiger partial charge in [-0.3, -0.25) is 4.79 Å². The van der Waals surface area contributed by atoms with Gasteiger partial charge in [-0.05, 0) is 44.0 Å². The molecular weight excluding hydrogens is 388 g/mol. The molecule has 6 heteroatoms. The summed E-state index contributed by atoms with van der Waals surface area (Å²) in [5.41, 5.74) is 2.87. The summed E-state index contributed by atoms with van der Waals surface area (Å²) in [6.07, 6.45) is 4.22. The number of rotatable bonds is 8. The number of carbonyl (C=O) groups is 1. The third kappa shape index (κ3) is 5.33. The lowest BCUT2D eigenvalue weighted by atomic mass is 10.0. The Morgan fingerprint density at radius 3 is 2.42 bits per heavy atom. The number of para-hydroxylation sites is 2. The van der Waals surface area contributed by atoms with Crippen molar-refractivity contribution in [2.45, 2.75) is 44.6 Å². The topological polar surface area (TPSA) is 70.4 Å². The number of carbonyl (C=O) groups excluding carboxylic acids is 1. The highest BCUT2D eigenvalue weighted by Crippen LogP contribution is 2.35. The number of amides is 1. The Morgan fingerprint density at radius 2 is 1.77 bits per heavy atom. The number of benzene rings is 2. The largest absolute Gasteiger partial charge is 0.392 e. The van der Waals surface area contributed by atoms with E-state index < -0.39 is 6.10 Å². The van der Waals surface area contributed by atoms with Gasteiger partial charge in [0.15, 0.2) is 0 Å². The Bertz CT molecular complexity index is 979. The number of aromatic nitrogens is 2. The standard InChI is InChI=1S/C25H30N4O2/c1-19(30)17-28(21-12-4-2-5-13-21)18-25(31)26-24-16-23(20-10-8-9-11-20)27-29(24)22-14-6-3-7-15-22/h2-7,12-16,19-20,30H,8-11,17-18H2,1H3,(H,26,31).